The van der Waals surface area contributed by atoms with Crippen molar-refractivity contribution < 1.29 is 18.9 Å². The van der Waals surface area contributed by atoms with Crippen LogP contribution in [0.1, 0.15) is 92.4 Å². The van der Waals surface area contributed by atoms with Gasteiger partial charge in [0.1, 0.15) is 13.2 Å². The van der Waals surface area contributed by atoms with E-state index in [0.717, 1.165) is 42.7 Å². The van der Waals surface area contributed by atoms with Gasteiger partial charge in [-0.2, -0.15) is 0 Å². The first-order valence-electron chi connectivity index (χ1n) is 18.1. The molecule has 0 spiro atoms. The summed E-state index contributed by atoms with van der Waals surface area (Å²) in [4.78, 5) is 23.0. The van der Waals surface area contributed by atoms with Crippen molar-refractivity contribution in [1.29, 1.82) is 0 Å². The highest BCUT2D eigenvalue weighted by molar-refractivity contribution is 7.78. The van der Waals surface area contributed by atoms with E-state index in [1.807, 2.05) is 49.5 Å². The molecule has 0 aromatic heterocycles. The van der Waals surface area contributed by atoms with Gasteiger partial charge in [-0.1, -0.05) is 112 Å². The van der Waals surface area contributed by atoms with E-state index in [2.05, 4.69) is 64.1 Å². The van der Waals surface area contributed by atoms with Crippen molar-refractivity contribution in [2.75, 3.05) is 6.16 Å². The van der Waals surface area contributed by atoms with Crippen LogP contribution in [-0.4, -0.2) is 31.3 Å². The van der Waals surface area contributed by atoms with Gasteiger partial charge in [0, 0.05) is 30.1 Å². The molecule has 0 heterocycles. The van der Waals surface area contributed by atoms with Gasteiger partial charge in [-0.15, -0.1) is 0 Å². The number of hydrogen-bond acceptors (Lipinski definition) is 4. The minimum Gasteiger partial charge on any atom is -0.462 e. The highest BCUT2D eigenvalue weighted by atomic mass is 31.2. The Bertz CT molecular complexity index is 1450. The molecule has 0 aliphatic heterocycles. The van der Waals surface area contributed by atoms with E-state index >= 15 is 0 Å². The fraction of sp³-hybridized carbons (Fsp3) is 0.585. The molecule has 4 nitrogen and oxygen atoms in total. The molecule has 1 N–H and O–H groups in total. The number of carbonyl (C=O) groups is 1. The molecule has 6 heteroatoms. The van der Waals surface area contributed by atoms with Gasteiger partial charge < -0.3 is 14.1 Å². The number of rotatable bonds is 10. The summed E-state index contributed by atoms with van der Waals surface area (Å²) in [5.41, 5.74) is 3.15. The molecule has 47 heavy (non-hydrogen) atoms. The summed E-state index contributed by atoms with van der Waals surface area (Å²) in [5, 5.41) is 1.84. The first-order valence-corrected chi connectivity index (χ1v) is 22.9. The number of ether oxygens (including phenoxy) is 1. The maximum absolute atomic E-state index is 15.0. The third-order valence-electron chi connectivity index (χ3n) is 12.6. The molecule has 3 fully saturated rings. The number of esters is 1. The summed E-state index contributed by atoms with van der Waals surface area (Å²) in [6.45, 7) is 14.9. The minimum atomic E-state index is -2.78. The van der Waals surface area contributed by atoms with Crippen molar-refractivity contribution in [1.82, 2.24) is 0 Å². The van der Waals surface area contributed by atoms with Crippen LogP contribution < -0.4 is 10.6 Å². The Morgan fingerprint density at radius 2 is 1.66 bits per heavy atom. The second-order valence-electron chi connectivity index (χ2n) is 16.6. The van der Waals surface area contributed by atoms with Gasteiger partial charge >= 0.3 is 5.97 Å². The van der Waals surface area contributed by atoms with E-state index in [1.165, 1.54) is 38.2 Å². The molecule has 3 saturated carbocycles. The Morgan fingerprint density at radius 3 is 2.23 bits per heavy atom. The van der Waals surface area contributed by atoms with Crippen molar-refractivity contribution >= 4 is 32.0 Å². The minimum absolute atomic E-state index is 0.0894. The first-order chi connectivity index (χ1) is 22.1. The van der Waals surface area contributed by atoms with Crippen molar-refractivity contribution in [2.24, 2.45) is 29.1 Å². The maximum atomic E-state index is 15.0. The molecule has 0 saturated heterocycles. The Labute approximate surface area is 286 Å². The second kappa shape index (κ2) is 14.3. The molecule has 3 aliphatic rings. The standard InChI is InChI=1S/C41H59O4PSi/c1-30(29-46(43,36-16-10-8-11-17-36)37-18-12-9-13-19-37)38-22-23-39-34(15-14-24-41(38,39)5)21-20-32-25-33(27-35(26-32)45-31(2)42)28-40(3,4)47(6,7)44/h8-13,16-21,30,33,35,38-39,44H,14-15,22-29H2,1-7H3/b32-20+,34-21+/t30-,33-,35-,38?,39?,41-/m1/s1. The van der Waals surface area contributed by atoms with Crippen LogP contribution in [0.2, 0.25) is 18.1 Å². The molecule has 0 amide bonds. The molecule has 2 aromatic carbocycles. The fourth-order valence-electron chi connectivity index (χ4n) is 9.54. The highest BCUT2D eigenvalue weighted by Crippen LogP contribution is 2.61. The number of benzene rings is 2. The summed E-state index contributed by atoms with van der Waals surface area (Å²) in [6, 6.07) is 20.4. The van der Waals surface area contributed by atoms with Gasteiger partial charge in [-0.25, -0.2) is 0 Å². The van der Waals surface area contributed by atoms with Crippen LogP contribution in [0.25, 0.3) is 0 Å². The lowest BCUT2D eigenvalue weighted by atomic mass is 9.61. The van der Waals surface area contributed by atoms with Crippen LogP contribution in [0, 0.1) is 29.1 Å². The van der Waals surface area contributed by atoms with E-state index in [-0.39, 0.29) is 22.5 Å². The van der Waals surface area contributed by atoms with E-state index in [1.54, 1.807) is 5.57 Å². The van der Waals surface area contributed by atoms with Crippen molar-refractivity contribution in [3.05, 3.63) is 84.0 Å². The third kappa shape index (κ3) is 8.00. The summed E-state index contributed by atoms with van der Waals surface area (Å²) in [5.74, 6) is 1.62. The predicted molar refractivity (Wildman–Crippen MR) is 199 cm³/mol. The Morgan fingerprint density at radius 1 is 1.04 bits per heavy atom. The zero-order chi connectivity index (χ0) is 34.0. The average Bonchev–Trinajstić information content (AvgIpc) is 3.37. The van der Waals surface area contributed by atoms with Gasteiger partial charge in [0.2, 0.25) is 0 Å². The SMILES string of the molecule is CC(=O)O[C@@H]1C/C(=C/C=C2\CCC[C@@]3(C)C2CCC3[C@H](C)CP(=O)(c2ccccc2)c2ccccc2)C[C@@H](CC(C)(C)[Si](C)(C)O)C1. The number of allylic oxidation sites excluding steroid dienone is 3. The topological polar surface area (TPSA) is 63.6 Å². The van der Waals surface area contributed by atoms with Crippen molar-refractivity contribution in [3.8, 4) is 0 Å². The van der Waals surface area contributed by atoms with E-state index in [4.69, 9.17) is 4.74 Å². The summed E-state index contributed by atoms with van der Waals surface area (Å²) >= 11 is 0. The molecule has 2 aromatic rings. The van der Waals surface area contributed by atoms with Crippen LogP contribution in [-0.2, 0) is 14.1 Å². The summed E-state index contributed by atoms with van der Waals surface area (Å²) in [6.07, 6.45) is 15.0. The van der Waals surface area contributed by atoms with Gasteiger partial charge in [0.05, 0.1) is 0 Å². The lowest BCUT2D eigenvalue weighted by Crippen LogP contribution is -2.41. The Balaban J connectivity index is 1.36. The Hall–Kier alpha value is -2.20. The van der Waals surface area contributed by atoms with E-state index < -0.39 is 15.5 Å². The third-order valence-corrected chi connectivity index (χ3v) is 19.4. The predicted octanol–water partition coefficient (Wildman–Crippen LogP) is 9.81. The van der Waals surface area contributed by atoms with Gasteiger partial charge in [0.15, 0.2) is 8.32 Å². The molecular weight excluding hydrogens is 616 g/mol. The van der Waals surface area contributed by atoms with Crippen LogP contribution in [0.4, 0.5) is 0 Å². The maximum Gasteiger partial charge on any atom is 0.302 e. The molecule has 0 bridgehead atoms. The van der Waals surface area contributed by atoms with Gasteiger partial charge in [-0.05, 0) is 98.6 Å². The van der Waals surface area contributed by atoms with E-state index in [9.17, 15) is 14.2 Å². The van der Waals surface area contributed by atoms with Crippen LogP contribution >= 0.6 is 7.14 Å². The monoisotopic (exact) mass is 674 g/mol. The van der Waals surface area contributed by atoms with Gasteiger partial charge in [0.25, 0.3) is 0 Å². The number of hydrogen-bond donors (Lipinski definition) is 1. The average molecular weight is 675 g/mol. The molecule has 0 radical (unpaired) electrons. The van der Waals surface area contributed by atoms with Crippen molar-refractivity contribution in [2.45, 2.75) is 117 Å². The fourth-order valence-corrected chi connectivity index (χ4v) is 13.4. The zero-order valence-corrected chi connectivity index (χ0v) is 31.9. The molecule has 256 valence electrons. The molecule has 2 unspecified atom stereocenters. The molecule has 6 atom stereocenters. The van der Waals surface area contributed by atoms with Crippen LogP contribution in [0.3, 0.4) is 0 Å². The second-order valence-corrected chi connectivity index (χ2v) is 24.0. The van der Waals surface area contributed by atoms with Gasteiger partial charge in [-0.3, -0.25) is 4.79 Å². The zero-order valence-electron chi connectivity index (χ0n) is 30.0. The normalized spacial score (nSPS) is 29.4. The molecule has 5 rings (SSSR count). The Kier molecular flexibility index (Phi) is 11.0. The van der Waals surface area contributed by atoms with E-state index in [0.29, 0.717) is 29.8 Å². The molecular formula is C41H59O4PSi. The summed E-state index contributed by atoms with van der Waals surface area (Å²) in [7, 11) is -5.12. The number of fused-ring (bicyclic) bond motifs is 1. The first kappa shape index (κ1) is 36.1. The largest absolute Gasteiger partial charge is 0.462 e. The quantitative estimate of drug-likeness (QED) is 0.155. The lowest BCUT2D eigenvalue weighted by Gasteiger charge is -2.45. The van der Waals surface area contributed by atoms with Crippen LogP contribution in [0.5, 0.6) is 0 Å². The molecule has 3 aliphatic carbocycles. The van der Waals surface area contributed by atoms with Crippen LogP contribution in [0.15, 0.2) is 84.0 Å². The number of carbonyl (C=O) groups excluding carboxylic acids is 1. The van der Waals surface area contributed by atoms with Crippen molar-refractivity contribution in [3.63, 3.8) is 0 Å². The lowest BCUT2D eigenvalue weighted by molar-refractivity contribution is -0.147. The highest BCUT2D eigenvalue weighted by Gasteiger charge is 2.51. The summed E-state index contributed by atoms with van der Waals surface area (Å²) < 4.78 is 20.8. The smallest absolute Gasteiger partial charge is 0.302 e.